The van der Waals surface area contributed by atoms with Crippen LogP contribution in [0.1, 0.15) is 22.3 Å². The number of nitrogens with zero attached hydrogens (tertiary/aromatic N) is 2. The summed E-state index contributed by atoms with van der Waals surface area (Å²) in [4.78, 5) is 7.60. The zero-order valence-electron chi connectivity index (χ0n) is 31.7. The summed E-state index contributed by atoms with van der Waals surface area (Å²) in [6.45, 7) is -0.00344. The van der Waals surface area contributed by atoms with Gasteiger partial charge in [0.2, 0.25) is 0 Å². The van der Waals surface area contributed by atoms with Crippen LogP contribution in [0.3, 0.4) is 0 Å². The molecule has 0 N–H and O–H groups in total. The number of rotatable bonds is 4. The van der Waals surface area contributed by atoms with Gasteiger partial charge in [-0.2, -0.15) is 0 Å². The van der Waals surface area contributed by atoms with Gasteiger partial charge in [-0.25, -0.2) is 4.98 Å². The summed E-state index contributed by atoms with van der Waals surface area (Å²) in [6.07, 6.45) is 2.08. The Kier molecular flexibility index (Phi) is 6.01. The van der Waals surface area contributed by atoms with Crippen molar-refractivity contribution in [2.24, 2.45) is 0 Å². The van der Waals surface area contributed by atoms with Crippen LogP contribution < -0.4 is 30.8 Å². The van der Waals surface area contributed by atoms with E-state index in [1.807, 2.05) is 6.07 Å². The summed E-state index contributed by atoms with van der Waals surface area (Å²) < 4.78 is 13.7. The predicted molar refractivity (Wildman–Crippen MR) is 240 cm³/mol. The smallest absolute Gasteiger partial charge is 0.261 e. The molecule has 14 rings (SSSR count). The summed E-state index contributed by atoms with van der Waals surface area (Å²) in [5, 5.41) is 7.43. The van der Waals surface area contributed by atoms with Crippen molar-refractivity contribution in [1.29, 1.82) is 0 Å². The number of hydrogen-bond acceptors (Lipinski definition) is 4. The number of pyridine rings is 1. The highest BCUT2D eigenvalue weighted by atomic mass is 16.5. The fourth-order valence-electron chi connectivity index (χ4n) is 11.2. The third-order valence-electron chi connectivity index (χ3n) is 13.4. The second-order valence-corrected chi connectivity index (χ2v) is 16.1. The average molecular weight is 751 g/mol. The maximum absolute atomic E-state index is 6.83. The Morgan fingerprint density at radius 3 is 1.80 bits per heavy atom. The van der Waals surface area contributed by atoms with Gasteiger partial charge in [-0.15, -0.1) is 0 Å². The predicted octanol–water partition coefficient (Wildman–Crippen LogP) is 11.4. The lowest BCUT2D eigenvalue weighted by molar-refractivity contribution is 0.461. The van der Waals surface area contributed by atoms with Crippen LogP contribution in [0, 0.1) is 0 Å². The van der Waals surface area contributed by atoms with Crippen LogP contribution in [0.25, 0.3) is 43.4 Å². The van der Waals surface area contributed by atoms with Gasteiger partial charge in [0.15, 0.2) is 0 Å². The van der Waals surface area contributed by atoms with Crippen LogP contribution in [0.2, 0.25) is 0 Å². The number of benzene rings is 9. The number of aromatic nitrogens is 1. The highest BCUT2D eigenvalue weighted by Crippen LogP contribution is 2.60. The average Bonchev–Trinajstić information content (AvgIpc) is 3.60. The van der Waals surface area contributed by atoms with Crippen molar-refractivity contribution in [1.82, 2.24) is 4.98 Å². The molecule has 10 aromatic rings. The van der Waals surface area contributed by atoms with Gasteiger partial charge >= 0.3 is 0 Å². The molecule has 0 atom stereocenters. The van der Waals surface area contributed by atoms with E-state index >= 15 is 0 Å². The van der Waals surface area contributed by atoms with E-state index in [-0.39, 0.29) is 6.71 Å². The minimum absolute atomic E-state index is 0.00344. The monoisotopic (exact) mass is 750 g/mol. The number of hydrogen-bond donors (Lipinski definition) is 0. The van der Waals surface area contributed by atoms with E-state index in [4.69, 9.17) is 14.5 Å². The van der Waals surface area contributed by atoms with E-state index in [9.17, 15) is 0 Å². The van der Waals surface area contributed by atoms with Crippen molar-refractivity contribution < 1.29 is 9.47 Å². The summed E-state index contributed by atoms with van der Waals surface area (Å²) in [5.74, 6) is 4.42. The molecule has 0 saturated heterocycles. The van der Waals surface area contributed by atoms with Gasteiger partial charge < -0.3 is 9.47 Å². The van der Waals surface area contributed by atoms with Crippen LogP contribution in [-0.2, 0) is 5.41 Å². The van der Waals surface area contributed by atoms with Crippen LogP contribution >= 0.6 is 0 Å². The van der Waals surface area contributed by atoms with Gasteiger partial charge in [-0.05, 0) is 120 Å². The third kappa shape index (κ3) is 3.92. The van der Waals surface area contributed by atoms with Crippen LogP contribution in [0.4, 0.5) is 17.2 Å². The van der Waals surface area contributed by atoms with Crippen LogP contribution in [-0.4, -0.2) is 11.7 Å². The van der Waals surface area contributed by atoms with E-state index in [1.165, 1.54) is 71.1 Å². The molecule has 4 aliphatic rings. The molecule has 5 heteroatoms. The molecule has 0 bridgehead atoms. The summed E-state index contributed by atoms with van der Waals surface area (Å²) in [7, 11) is 0. The maximum atomic E-state index is 6.83. The summed E-state index contributed by atoms with van der Waals surface area (Å²) >= 11 is 0. The molecule has 272 valence electrons. The Labute approximate surface area is 340 Å². The fraction of sp³-hybridized carbons (Fsp3) is 0.0185. The molecular formula is C54H31BN2O2. The lowest BCUT2D eigenvalue weighted by Gasteiger charge is -2.47. The first-order valence-electron chi connectivity index (χ1n) is 20.3. The third-order valence-corrected chi connectivity index (χ3v) is 13.4. The zero-order valence-corrected chi connectivity index (χ0v) is 31.7. The molecule has 4 nitrogen and oxygen atoms in total. The molecule has 0 radical (unpaired) electrons. The molecule has 0 fully saturated rings. The van der Waals surface area contributed by atoms with Crippen molar-refractivity contribution in [2.75, 3.05) is 4.90 Å². The van der Waals surface area contributed by atoms with E-state index in [0.29, 0.717) is 0 Å². The molecule has 1 aliphatic carbocycles. The van der Waals surface area contributed by atoms with E-state index in [2.05, 4.69) is 187 Å². The SMILES string of the molecule is c1ccc(N(c2ccc(-c3ccc4ccc5cccc6c5c4c3C63c4cccc5c4B4c6c(cccc6Oc6cccc3c64)O5)cn2)c2cccc3ccccc23)cc1. The Bertz CT molecular complexity index is 3390. The van der Waals surface area contributed by atoms with Crippen molar-refractivity contribution in [2.45, 2.75) is 5.41 Å². The number of ether oxygens (including phenoxy) is 2. The highest BCUT2D eigenvalue weighted by Gasteiger charge is 2.57. The molecule has 0 amide bonds. The largest absolute Gasteiger partial charge is 0.458 e. The minimum Gasteiger partial charge on any atom is -0.458 e. The molecule has 1 aromatic heterocycles. The lowest BCUT2D eigenvalue weighted by Crippen LogP contribution is -2.65. The van der Waals surface area contributed by atoms with Gasteiger partial charge in [0.05, 0.1) is 11.1 Å². The molecule has 1 spiro atoms. The van der Waals surface area contributed by atoms with E-state index in [0.717, 1.165) is 51.2 Å². The van der Waals surface area contributed by atoms with Gasteiger partial charge in [0, 0.05) is 28.3 Å². The van der Waals surface area contributed by atoms with Gasteiger partial charge in [-0.3, -0.25) is 4.90 Å². The maximum Gasteiger partial charge on any atom is 0.261 e. The first kappa shape index (κ1) is 31.5. The second-order valence-electron chi connectivity index (χ2n) is 16.1. The van der Waals surface area contributed by atoms with Crippen LogP contribution in [0.15, 0.2) is 188 Å². The first-order chi connectivity index (χ1) is 29.3. The lowest BCUT2D eigenvalue weighted by atomic mass is 9.29. The van der Waals surface area contributed by atoms with E-state index in [1.54, 1.807) is 0 Å². The van der Waals surface area contributed by atoms with Crippen molar-refractivity contribution in [3.63, 3.8) is 0 Å². The molecule has 0 saturated carbocycles. The minimum atomic E-state index is -0.653. The first-order valence-corrected chi connectivity index (χ1v) is 20.3. The van der Waals surface area contributed by atoms with Gasteiger partial charge in [0.25, 0.3) is 6.71 Å². The molecule has 4 heterocycles. The molecule has 59 heavy (non-hydrogen) atoms. The highest BCUT2D eigenvalue weighted by molar-refractivity contribution is 6.99. The normalized spacial score (nSPS) is 14.1. The second kappa shape index (κ2) is 11.3. The molecule has 3 aliphatic heterocycles. The number of fused-ring (bicyclic) bond motifs is 5. The van der Waals surface area contributed by atoms with Crippen molar-refractivity contribution >= 4 is 72.6 Å². The van der Waals surface area contributed by atoms with Crippen molar-refractivity contribution in [3.05, 3.63) is 210 Å². The zero-order chi connectivity index (χ0) is 38.4. The molecule has 0 unspecified atom stereocenters. The Hall–Kier alpha value is -7.63. The summed E-state index contributed by atoms with van der Waals surface area (Å²) in [6, 6.07) is 65.7. The fourth-order valence-corrected chi connectivity index (χ4v) is 11.2. The van der Waals surface area contributed by atoms with Gasteiger partial charge in [-0.1, -0.05) is 127 Å². The number of para-hydroxylation sites is 1. The summed E-state index contributed by atoms with van der Waals surface area (Å²) in [5.41, 5.74) is 12.4. The van der Waals surface area contributed by atoms with Crippen molar-refractivity contribution in [3.8, 4) is 34.1 Å². The molecule has 9 aromatic carbocycles. The molecular weight excluding hydrogens is 719 g/mol. The Balaban J connectivity index is 1.05. The number of anilines is 3. The Morgan fingerprint density at radius 1 is 0.458 bits per heavy atom. The quantitative estimate of drug-likeness (QED) is 0.133. The van der Waals surface area contributed by atoms with Crippen LogP contribution in [0.5, 0.6) is 23.0 Å². The standard InChI is InChI=1S/C54H31BN2O2/c1-2-14-36(15-3-1)57(42-20-7-12-32-11-4-5-16-37(32)42)47-30-28-35(31-56-47)38-29-27-34-26-25-33-13-6-17-39-48(33)49(34)50(38)54(39)40-18-8-21-43-51(40)55-52-41(54)19-9-22-44(52)59-46-24-10-23-45(58-43)53(46)55/h1-31H. The topological polar surface area (TPSA) is 34.6 Å². The van der Waals surface area contributed by atoms with Gasteiger partial charge in [0.1, 0.15) is 28.8 Å². The van der Waals surface area contributed by atoms with E-state index < -0.39 is 5.41 Å². The Morgan fingerprint density at radius 2 is 1.05 bits per heavy atom.